The van der Waals surface area contributed by atoms with E-state index in [2.05, 4.69) is 63.5 Å². The molecular weight excluding hydrogens is 420 g/mol. The van der Waals surface area contributed by atoms with Gasteiger partial charge in [-0.25, -0.2) is 4.98 Å². The fourth-order valence-electron chi connectivity index (χ4n) is 4.11. The highest BCUT2D eigenvalue weighted by Gasteiger charge is 2.17. The molecule has 0 spiro atoms. The van der Waals surface area contributed by atoms with Crippen molar-refractivity contribution in [2.75, 3.05) is 6.54 Å². The number of aromatic amines is 1. The van der Waals surface area contributed by atoms with E-state index >= 15 is 0 Å². The van der Waals surface area contributed by atoms with E-state index in [1.807, 2.05) is 48.1 Å². The third-order valence-corrected chi connectivity index (χ3v) is 5.68. The Morgan fingerprint density at radius 3 is 2.56 bits per heavy atom. The van der Waals surface area contributed by atoms with Crippen molar-refractivity contribution < 1.29 is 22.2 Å². The molecule has 6 heteroatoms. The van der Waals surface area contributed by atoms with Gasteiger partial charge in [0.15, 0.2) is 5.69 Å². The summed E-state index contributed by atoms with van der Waals surface area (Å²) in [6.07, 6.45) is 4.92. The molecule has 3 aromatic heterocycles. The van der Waals surface area contributed by atoms with Crippen molar-refractivity contribution in [3.63, 3.8) is 0 Å². The number of nitrogens with zero attached hydrogens (tertiary/aromatic N) is 2. The van der Waals surface area contributed by atoms with Crippen LogP contribution in [0.5, 0.6) is 0 Å². The minimum absolute atomic E-state index is 0. The topological polar surface area (TPSA) is 53.1 Å². The zero-order chi connectivity index (χ0) is 21.2. The number of nitrogens with one attached hydrogen (secondary N) is 2. The molecule has 0 aliphatic heterocycles. The Balaban J connectivity index is 0.00000245. The summed E-state index contributed by atoms with van der Waals surface area (Å²) >= 11 is 0. The van der Waals surface area contributed by atoms with Crippen LogP contribution in [-0.2, 0) is 20.0 Å². The van der Waals surface area contributed by atoms with Crippen molar-refractivity contribution >= 4 is 27.7 Å². The number of halogens is 1. The number of amides is 1. The maximum absolute atomic E-state index is 13.1. The van der Waals surface area contributed by atoms with Crippen LogP contribution in [0.2, 0.25) is 0 Å². The van der Waals surface area contributed by atoms with E-state index in [1.54, 1.807) is 0 Å². The van der Waals surface area contributed by atoms with Crippen LogP contribution in [0.25, 0.3) is 21.8 Å². The third kappa shape index (κ3) is 4.39. The lowest BCUT2D eigenvalue weighted by Gasteiger charge is -2.09. The molecule has 0 aliphatic carbocycles. The maximum Gasteiger partial charge on any atom is 0.267 e. The Labute approximate surface area is 193 Å². The molecular formula is C26H25ClN4O. The molecule has 2 N–H and O–H groups in total. The molecule has 0 radical (unpaired) electrons. The monoisotopic (exact) mass is 444 g/mol. The van der Waals surface area contributed by atoms with Crippen LogP contribution in [0, 0.1) is 0 Å². The number of hydrogen-bond donors (Lipinski definition) is 1. The van der Waals surface area contributed by atoms with Crippen molar-refractivity contribution in [2.45, 2.75) is 13.0 Å². The number of aryl methyl sites for hydroxylation is 1. The summed E-state index contributed by atoms with van der Waals surface area (Å²) in [6.45, 7) is 1.20. The number of pyridine rings is 1. The molecule has 0 aliphatic rings. The molecule has 5 rings (SSSR count). The first-order valence-electron chi connectivity index (χ1n) is 10.5. The van der Waals surface area contributed by atoms with Gasteiger partial charge in [0.05, 0.1) is 0 Å². The number of aromatic nitrogens is 3. The molecule has 2 aromatic carbocycles. The Morgan fingerprint density at radius 2 is 1.75 bits per heavy atom. The summed E-state index contributed by atoms with van der Waals surface area (Å²) < 4.78 is 4.11. The number of H-pyrrole nitrogens is 1. The van der Waals surface area contributed by atoms with Gasteiger partial charge in [-0.05, 0) is 42.3 Å². The van der Waals surface area contributed by atoms with Gasteiger partial charge in [-0.2, -0.15) is 0 Å². The van der Waals surface area contributed by atoms with Crippen molar-refractivity contribution in [3.8, 4) is 0 Å². The second kappa shape index (κ2) is 9.28. The number of rotatable bonds is 6. The van der Waals surface area contributed by atoms with Crippen LogP contribution in [0.3, 0.4) is 0 Å². The minimum atomic E-state index is -0.0482. The first-order valence-corrected chi connectivity index (χ1v) is 10.5. The average molecular weight is 445 g/mol. The normalized spacial score (nSPS) is 10.9. The second-order valence-electron chi connectivity index (χ2n) is 7.94. The number of carbonyl (C=O) groups is 1. The van der Waals surface area contributed by atoms with Crippen LogP contribution in [0.1, 0.15) is 21.7 Å². The first-order chi connectivity index (χ1) is 15.2. The Kier molecular flexibility index (Phi) is 6.28. The van der Waals surface area contributed by atoms with Crippen molar-refractivity contribution in [2.24, 2.45) is 7.05 Å². The van der Waals surface area contributed by atoms with Gasteiger partial charge >= 0.3 is 0 Å². The number of fused-ring (bicyclic) bond motifs is 2. The van der Waals surface area contributed by atoms with Gasteiger partial charge in [0.2, 0.25) is 5.52 Å². The van der Waals surface area contributed by atoms with E-state index < -0.39 is 0 Å². The second-order valence-corrected chi connectivity index (χ2v) is 7.94. The molecule has 5 nitrogen and oxygen atoms in total. The highest BCUT2D eigenvalue weighted by molar-refractivity contribution is 5.98. The van der Waals surface area contributed by atoms with Gasteiger partial charge in [0.1, 0.15) is 12.2 Å². The van der Waals surface area contributed by atoms with Crippen molar-refractivity contribution in [1.82, 2.24) is 14.5 Å². The number of carbonyl (C=O) groups excluding carboxylic acids is 1. The predicted octanol–water partition coefficient (Wildman–Crippen LogP) is 0.972. The van der Waals surface area contributed by atoms with E-state index in [0.29, 0.717) is 18.8 Å². The molecule has 0 saturated heterocycles. The predicted molar refractivity (Wildman–Crippen MR) is 123 cm³/mol. The van der Waals surface area contributed by atoms with Crippen LogP contribution >= 0.6 is 0 Å². The standard InChI is InChI=1S/C26H24N4O.ClH/c1-29-15-13-19(17-29)12-14-27-26(31)25-16-21-7-3-5-9-24(21)30(25)18-22-11-10-20-6-2-4-8-23(20)28-22;/h2-11,13,15-17H,12,14,18H2,1H3,(H,27,31);1H. The lowest BCUT2D eigenvalue weighted by atomic mass is 10.2. The fraction of sp³-hybridized carbons (Fsp3) is 0.154. The molecule has 1 amide bonds. The molecule has 0 saturated carbocycles. The summed E-state index contributed by atoms with van der Waals surface area (Å²) in [4.78, 5) is 16.6. The SMILES string of the molecule is Cn1ccc(CCNC(=O)c2cc3ccccc3n2Cc2ccc3ccccc3[nH+]2)c1.[Cl-]. The van der Waals surface area contributed by atoms with Crippen LogP contribution in [0.4, 0.5) is 0 Å². The van der Waals surface area contributed by atoms with Gasteiger partial charge in [0.25, 0.3) is 5.91 Å². The summed E-state index contributed by atoms with van der Waals surface area (Å²) in [6, 6.07) is 24.6. The maximum atomic E-state index is 13.1. The van der Waals surface area contributed by atoms with Crippen LogP contribution in [0.15, 0.2) is 85.2 Å². The van der Waals surface area contributed by atoms with Gasteiger partial charge in [0, 0.05) is 54.4 Å². The van der Waals surface area contributed by atoms with E-state index in [1.165, 1.54) is 10.9 Å². The lowest BCUT2D eigenvalue weighted by molar-refractivity contribution is -0.358. The van der Waals surface area contributed by atoms with Gasteiger partial charge in [-0.15, -0.1) is 0 Å². The van der Waals surface area contributed by atoms with Crippen LogP contribution < -0.4 is 22.7 Å². The number of benzene rings is 2. The van der Waals surface area contributed by atoms with Crippen molar-refractivity contribution in [3.05, 3.63) is 102 Å². The Morgan fingerprint density at radius 1 is 0.969 bits per heavy atom. The average Bonchev–Trinajstić information content (AvgIpc) is 3.37. The summed E-state index contributed by atoms with van der Waals surface area (Å²) in [7, 11) is 2.00. The summed E-state index contributed by atoms with van der Waals surface area (Å²) in [5.41, 5.74) is 5.09. The zero-order valence-corrected chi connectivity index (χ0v) is 18.6. The quantitative estimate of drug-likeness (QED) is 0.417. The smallest absolute Gasteiger partial charge is 0.267 e. The molecule has 0 fully saturated rings. The van der Waals surface area contributed by atoms with E-state index in [9.17, 15) is 4.79 Å². The first kappa shape index (κ1) is 21.7. The Hall–Kier alpha value is -3.57. The highest BCUT2D eigenvalue weighted by Crippen LogP contribution is 2.21. The minimum Gasteiger partial charge on any atom is -1.00 e. The molecule has 162 valence electrons. The molecule has 3 heterocycles. The molecule has 0 atom stereocenters. The number of hydrogen-bond acceptors (Lipinski definition) is 1. The zero-order valence-electron chi connectivity index (χ0n) is 17.9. The van der Waals surface area contributed by atoms with E-state index in [0.717, 1.165) is 28.5 Å². The largest absolute Gasteiger partial charge is 1.00 e. The fourth-order valence-corrected chi connectivity index (χ4v) is 4.11. The number of para-hydroxylation sites is 2. The highest BCUT2D eigenvalue weighted by atomic mass is 35.5. The summed E-state index contributed by atoms with van der Waals surface area (Å²) in [5, 5.41) is 5.33. The van der Waals surface area contributed by atoms with Gasteiger partial charge in [-0.3, -0.25) is 4.79 Å². The molecule has 5 aromatic rings. The third-order valence-electron chi connectivity index (χ3n) is 5.68. The van der Waals surface area contributed by atoms with E-state index in [4.69, 9.17) is 0 Å². The van der Waals surface area contributed by atoms with Crippen LogP contribution in [-0.4, -0.2) is 21.6 Å². The molecule has 32 heavy (non-hydrogen) atoms. The lowest BCUT2D eigenvalue weighted by Crippen LogP contribution is -3.00. The van der Waals surface area contributed by atoms with E-state index in [-0.39, 0.29) is 18.3 Å². The molecule has 0 bridgehead atoms. The van der Waals surface area contributed by atoms with Crippen molar-refractivity contribution in [1.29, 1.82) is 0 Å². The molecule has 0 unspecified atom stereocenters. The van der Waals surface area contributed by atoms with Gasteiger partial charge in [-0.1, -0.05) is 30.3 Å². The summed E-state index contributed by atoms with van der Waals surface area (Å²) in [5.74, 6) is -0.0482. The van der Waals surface area contributed by atoms with Gasteiger partial charge < -0.3 is 26.9 Å². The Bertz CT molecular complexity index is 1390.